The number of fused-ring (bicyclic) bond motifs is 1. The third-order valence-corrected chi connectivity index (χ3v) is 8.44. The number of para-hydroxylation sites is 1. The van der Waals surface area contributed by atoms with Gasteiger partial charge in [-0.25, -0.2) is 9.48 Å². The van der Waals surface area contributed by atoms with Crippen LogP contribution in [0, 0.1) is 0 Å². The van der Waals surface area contributed by atoms with Crippen molar-refractivity contribution in [1.82, 2.24) is 0 Å². The van der Waals surface area contributed by atoms with E-state index in [2.05, 4.69) is 64.3 Å². The minimum absolute atomic E-state index is 0.722. The molecule has 0 aromatic heterocycles. The molecule has 0 fully saturated rings. The van der Waals surface area contributed by atoms with Gasteiger partial charge in [0.05, 0.1) is 26.4 Å². The first kappa shape index (κ1) is 27.7. The van der Waals surface area contributed by atoms with Crippen LogP contribution in [0.1, 0.15) is 77.0 Å². The molecule has 3 aromatic rings. The van der Waals surface area contributed by atoms with Crippen LogP contribution in [0.5, 0.6) is 23.0 Å². The summed E-state index contributed by atoms with van der Waals surface area (Å²) >= 11 is 0. The van der Waals surface area contributed by atoms with Crippen molar-refractivity contribution in [3.05, 3.63) is 48.5 Å². The Bertz CT molecular complexity index is 1330. The summed E-state index contributed by atoms with van der Waals surface area (Å²) in [6.07, 6.45) is 16.2. The molecule has 6 nitrogen and oxygen atoms in total. The number of rotatable bonds is 0. The largest absolute Gasteiger partial charge is 0.494 e. The lowest BCUT2D eigenvalue weighted by Crippen LogP contribution is -2.20. The lowest BCUT2D eigenvalue weighted by molar-refractivity contribution is -0.423. The van der Waals surface area contributed by atoms with Gasteiger partial charge in [0.1, 0.15) is 18.8 Å². The molecule has 3 aliphatic heterocycles. The van der Waals surface area contributed by atoms with Crippen LogP contribution in [-0.4, -0.2) is 50.4 Å². The van der Waals surface area contributed by atoms with Crippen molar-refractivity contribution in [2.45, 2.75) is 77.0 Å². The highest BCUT2D eigenvalue weighted by atomic mass is 16.5. The standard InChI is InChI=1S/C35H45N2O4/c1-2-6-10-23-39-31-14-13-15-32-35(31)37-21-20-36(27-37)34-30-26-29(38-22-9-5-1)18-16-28(30)17-19-33(34)41-25-12-8-4-3-7-11-24-40-32/h13-19,26-27H,1-12,20-25H2/q+1. The smallest absolute Gasteiger partial charge is 0.245 e. The Hall–Kier alpha value is -3.41. The van der Waals surface area contributed by atoms with Gasteiger partial charge in [-0.05, 0) is 61.4 Å². The van der Waals surface area contributed by atoms with Crippen LogP contribution in [0.3, 0.4) is 0 Å². The maximum Gasteiger partial charge on any atom is 0.245 e. The van der Waals surface area contributed by atoms with Crippen LogP contribution in [-0.2, 0) is 0 Å². The molecule has 0 aliphatic carbocycles. The second-order valence-electron chi connectivity index (χ2n) is 11.5. The van der Waals surface area contributed by atoms with Gasteiger partial charge in [-0.1, -0.05) is 69.6 Å². The first-order valence-electron chi connectivity index (χ1n) is 16.0. The van der Waals surface area contributed by atoms with E-state index in [0.29, 0.717) is 0 Å². The molecule has 0 saturated heterocycles. The summed E-state index contributed by atoms with van der Waals surface area (Å²) in [6, 6.07) is 17.1. The number of ether oxygens (including phenoxy) is 4. The molecular formula is C35H45N2O4+. The van der Waals surface area contributed by atoms with E-state index in [0.717, 1.165) is 105 Å². The zero-order chi connectivity index (χ0) is 27.7. The van der Waals surface area contributed by atoms with Gasteiger partial charge in [0.25, 0.3) is 0 Å². The molecule has 0 saturated carbocycles. The minimum Gasteiger partial charge on any atom is -0.494 e. The molecule has 0 spiro atoms. The third kappa shape index (κ3) is 6.91. The SMILES string of the molecule is C1=[N+]2CCN1c1c3cccc1OCCCCCCCCOc1ccc4ccc(cc4c12)OCCCCCCCCO3. The zero-order valence-electron chi connectivity index (χ0n) is 24.5. The Morgan fingerprint density at radius 2 is 1.12 bits per heavy atom. The van der Waals surface area contributed by atoms with Gasteiger partial charge >= 0.3 is 0 Å². The second kappa shape index (κ2) is 14.0. The molecule has 0 unspecified atom stereocenters. The van der Waals surface area contributed by atoms with Crippen molar-refractivity contribution >= 4 is 28.5 Å². The van der Waals surface area contributed by atoms with E-state index in [9.17, 15) is 0 Å². The van der Waals surface area contributed by atoms with Gasteiger partial charge in [0.2, 0.25) is 12.0 Å². The molecule has 0 N–H and O–H groups in total. The molecule has 3 heterocycles. The fraction of sp³-hybridized carbons (Fsp3) is 0.514. The van der Waals surface area contributed by atoms with Gasteiger partial charge in [0, 0.05) is 5.39 Å². The molecule has 41 heavy (non-hydrogen) atoms. The topological polar surface area (TPSA) is 43.2 Å². The molecule has 6 heteroatoms. The van der Waals surface area contributed by atoms with Crippen molar-refractivity contribution in [2.75, 3.05) is 44.4 Å². The summed E-state index contributed by atoms with van der Waals surface area (Å²) < 4.78 is 28.0. The number of hydrogen-bond donors (Lipinski definition) is 0. The summed E-state index contributed by atoms with van der Waals surface area (Å²) in [5.74, 6) is 3.67. The lowest BCUT2D eigenvalue weighted by Gasteiger charge is -2.17. The Morgan fingerprint density at radius 1 is 0.561 bits per heavy atom. The molecule has 3 aliphatic rings. The van der Waals surface area contributed by atoms with Crippen molar-refractivity contribution in [3.63, 3.8) is 0 Å². The van der Waals surface area contributed by atoms with Crippen LogP contribution < -0.4 is 23.8 Å². The number of hydrogen-bond acceptors (Lipinski definition) is 5. The molecular weight excluding hydrogens is 512 g/mol. The van der Waals surface area contributed by atoms with Gasteiger partial charge in [0.15, 0.2) is 22.9 Å². The maximum atomic E-state index is 6.51. The fourth-order valence-corrected chi connectivity index (χ4v) is 6.18. The van der Waals surface area contributed by atoms with E-state index >= 15 is 0 Å². The van der Waals surface area contributed by atoms with E-state index in [1.54, 1.807) is 0 Å². The summed E-state index contributed by atoms with van der Waals surface area (Å²) in [6.45, 7) is 4.61. The van der Waals surface area contributed by atoms with E-state index in [4.69, 9.17) is 18.9 Å². The van der Waals surface area contributed by atoms with E-state index in [-0.39, 0.29) is 0 Å². The van der Waals surface area contributed by atoms with Crippen LogP contribution in [0.4, 0.5) is 11.4 Å². The van der Waals surface area contributed by atoms with Crippen LogP contribution >= 0.6 is 0 Å². The number of anilines is 1. The molecule has 0 amide bonds. The van der Waals surface area contributed by atoms with Crippen LogP contribution in [0.25, 0.3) is 10.8 Å². The van der Waals surface area contributed by atoms with Gasteiger partial charge in [-0.15, -0.1) is 0 Å². The second-order valence-corrected chi connectivity index (χ2v) is 11.5. The average molecular weight is 558 g/mol. The summed E-state index contributed by atoms with van der Waals surface area (Å²) in [5.41, 5.74) is 2.14. The molecule has 3 aromatic carbocycles. The summed E-state index contributed by atoms with van der Waals surface area (Å²) in [5, 5.41) is 2.35. The van der Waals surface area contributed by atoms with Gasteiger partial charge in [-0.3, -0.25) is 0 Å². The minimum atomic E-state index is 0.722. The highest BCUT2D eigenvalue weighted by molar-refractivity contribution is 5.96. The van der Waals surface area contributed by atoms with Crippen LogP contribution in [0.15, 0.2) is 48.5 Å². The Kier molecular flexibility index (Phi) is 9.46. The lowest BCUT2D eigenvalue weighted by atomic mass is 10.1. The predicted molar refractivity (Wildman–Crippen MR) is 166 cm³/mol. The Labute approximate surface area is 244 Å². The van der Waals surface area contributed by atoms with Gasteiger partial charge in [-0.2, -0.15) is 0 Å². The predicted octanol–water partition coefficient (Wildman–Crippen LogP) is 8.26. The quantitative estimate of drug-likeness (QED) is 0.260. The highest BCUT2D eigenvalue weighted by Crippen LogP contribution is 2.42. The van der Waals surface area contributed by atoms with E-state index < -0.39 is 0 Å². The van der Waals surface area contributed by atoms with Crippen molar-refractivity contribution in [1.29, 1.82) is 0 Å². The average Bonchev–Trinajstić information content (AvgIpc) is 3.47. The van der Waals surface area contributed by atoms with Gasteiger partial charge < -0.3 is 18.9 Å². The first-order chi connectivity index (χ1) is 20.4. The maximum absolute atomic E-state index is 6.51. The molecule has 6 rings (SSSR count). The molecule has 0 radical (unpaired) electrons. The van der Waals surface area contributed by atoms with Crippen molar-refractivity contribution in [3.8, 4) is 23.0 Å². The molecule has 0 atom stereocenters. The van der Waals surface area contributed by atoms with Crippen molar-refractivity contribution in [2.24, 2.45) is 0 Å². The summed E-state index contributed by atoms with van der Waals surface area (Å²) in [4.78, 5) is 2.31. The first-order valence-corrected chi connectivity index (χ1v) is 16.0. The zero-order valence-corrected chi connectivity index (χ0v) is 24.5. The monoisotopic (exact) mass is 557 g/mol. The molecule has 218 valence electrons. The normalized spacial score (nSPS) is 19.3. The molecule has 6 bridgehead atoms. The fourth-order valence-electron chi connectivity index (χ4n) is 6.18. The Balaban J connectivity index is 1.45. The van der Waals surface area contributed by atoms with E-state index in [1.165, 1.54) is 56.8 Å². The summed E-state index contributed by atoms with van der Waals surface area (Å²) in [7, 11) is 0. The van der Waals surface area contributed by atoms with E-state index in [1.807, 2.05) is 0 Å². The Morgan fingerprint density at radius 3 is 1.78 bits per heavy atom. The highest BCUT2D eigenvalue weighted by Gasteiger charge is 2.31. The van der Waals surface area contributed by atoms with Crippen LogP contribution in [0.2, 0.25) is 0 Å². The number of nitrogens with zero attached hydrogens (tertiary/aromatic N) is 2. The number of benzene rings is 3. The third-order valence-electron chi connectivity index (χ3n) is 8.44. The van der Waals surface area contributed by atoms with Crippen molar-refractivity contribution < 1.29 is 23.5 Å².